The maximum atomic E-state index is 5.82. The van der Waals surface area contributed by atoms with Gasteiger partial charge in [0.15, 0.2) is 5.82 Å². The fourth-order valence-electron chi connectivity index (χ4n) is 2.84. The Bertz CT molecular complexity index is 1180. The van der Waals surface area contributed by atoms with Crippen LogP contribution in [0.2, 0.25) is 0 Å². The summed E-state index contributed by atoms with van der Waals surface area (Å²) in [4.78, 5) is 0. The molecule has 0 fully saturated rings. The van der Waals surface area contributed by atoms with Crippen molar-refractivity contribution in [3.05, 3.63) is 94.8 Å². The van der Waals surface area contributed by atoms with Crippen molar-refractivity contribution in [3.8, 4) is 22.9 Å². The van der Waals surface area contributed by atoms with Gasteiger partial charge in [-0.25, -0.2) is 5.10 Å². The van der Waals surface area contributed by atoms with E-state index in [1.165, 1.54) is 0 Å². The minimum Gasteiger partial charge on any atom is -0.497 e. The van der Waals surface area contributed by atoms with Gasteiger partial charge < -0.3 is 9.47 Å². The Morgan fingerprint density at radius 2 is 1.67 bits per heavy atom. The summed E-state index contributed by atoms with van der Waals surface area (Å²) in [6.07, 6.45) is 1.74. The van der Waals surface area contributed by atoms with E-state index in [-0.39, 0.29) is 0 Å². The summed E-state index contributed by atoms with van der Waals surface area (Å²) in [6, 6.07) is 25.4. The van der Waals surface area contributed by atoms with Gasteiger partial charge in [0.05, 0.1) is 13.3 Å². The number of aromatic nitrogens is 3. The highest BCUT2D eigenvalue weighted by molar-refractivity contribution is 7.71. The highest BCUT2D eigenvalue weighted by atomic mass is 32.1. The molecule has 0 bridgehead atoms. The number of benzene rings is 3. The lowest BCUT2D eigenvalue weighted by Crippen LogP contribution is -1.96. The first-order valence-electron chi connectivity index (χ1n) is 9.36. The van der Waals surface area contributed by atoms with Crippen molar-refractivity contribution in [2.45, 2.75) is 6.61 Å². The number of hydrogen-bond acceptors (Lipinski definition) is 5. The van der Waals surface area contributed by atoms with Crippen LogP contribution in [0.5, 0.6) is 11.5 Å². The minimum atomic E-state index is 0.417. The van der Waals surface area contributed by atoms with Crippen LogP contribution in [0.25, 0.3) is 11.4 Å². The van der Waals surface area contributed by atoms with Gasteiger partial charge in [-0.05, 0) is 71.9 Å². The van der Waals surface area contributed by atoms with Crippen molar-refractivity contribution in [2.24, 2.45) is 5.10 Å². The zero-order valence-electron chi connectivity index (χ0n) is 16.4. The first-order valence-corrected chi connectivity index (χ1v) is 9.77. The molecule has 150 valence electrons. The van der Waals surface area contributed by atoms with E-state index in [2.05, 4.69) is 15.3 Å². The molecule has 6 nitrogen and oxygen atoms in total. The molecule has 0 saturated carbocycles. The lowest BCUT2D eigenvalue weighted by molar-refractivity contribution is 0.306. The standard InChI is InChI=1S/C23H20N4O2S/c1-28-20-13-9-19(10-14-20)22-25-26-23(30)27(22)24-15-17-7-11-21(12-8-17)29-16-18-5-3-2-4-6-18/h2-15H,16H2,1H3,(H,26,30). The van der Waals surface area contributed by atoms with E-state index in [4.69, 9.17) is 21.7 Å². The zero-order valence-corrected chi connectivity index (χ0v) is 17.2. The number of rotatable bonds is 7. The van der Waals surface area contributed by atoms with Crippen molar-refractivity contribution in [2.75, 3.05) is 7.11 Å². The number of methoxy groups -OCH3 is 1. The molecule has 0 saturated heterocycles. The highest BCUT2D eigenvalue weighted by Gasteiger charge is 2.08. The van der Waals surface area contributed by atoms with Gasteiger partial charge in [-0.1, -0.05) is 30.3 Å². The number of H-pyrrole nitrogens is 1. The van der Waals surface area contributed by atoms with Crippen LogP contribution >= 0.6 is 12.2 Å². The second-order valence-electron chi connectivity index (χ2n) is 6.48. The van der Waals surface area contributed by atoms with E-state index in [0.29, 0.717) is 17.2 Å². The zero-order chi connectivity index (χ0) is 20.8. The Labute approximate surface area is 179 Å². The molecule has 3 aromatic carbocycles. The van der Waals surface area contributed by atoms with E-state index in [0.717, 1.165) is 28.2 Å². The van der Waals surface area contributed by atoms with E-state index >= 15 is 0 Å². The van der Waals surface area contributed by atoms with Crippen LogP contribution in [-0.4, -0.2) is 28.2 Å². The third-order valence-electron chi connectivity index (χ3n) is 4.45. The van der Waals surface area contributed by atoms with Crippen LogP contribution in [0.1, 0.15) is 11.1 Å². The van der Waals surface area contributed by atoms with Gasteiger partial charge in [0.25, 0.3) is 0 Å². The van der Waals surface area contributed by atoms with E-state index in [1.807, 2.05) is 78.9 Å². The fraction of sp³-hybridized carbons (Fsp3) is 0.0870. The predicted octanol–water partition coefficient (Wildman–Crippen LogP) is 5.08. The van der Waals surface area contributed by atoms with Gasteiger partial charge >= 0.3 is 0 Å². The molecule has 1 heterocycles. The quantitative estimate of drug-likeness (QED) is 0.337. The minimum absolute atomic E-state index is 0.417. The average Bonchev–Trinajstić information content (AvgIpc) is 3.18. The van der Waals surface area contributed by atoms with Crippen LogP contribution in [0.3, 0.4) is 0 Å². The highest BCUT2D eigenvalue weighted by Crippen LogP contribution is 2.21. The molecule has 0 atom stereocenters. The number of nitrogens with one attached hydrogen (secondary N) is 1. The smallest absolute Gasteiger partial charge is 0.216 e. The summed E-state index contributed by atoms with van der Waals surface area (Å²) in [5, 5.41) is 11.6. The van der Waals surface area contributed by atoms with Crippen LogP contribution in [-0.2, 0) is 6.61 Å². The summed E-state index contributed by atoms with van der Waals surface area (Å²) >= 11 is 5.33. The third kappa shape index (κ3) is 4.64. The lowest BCUT2D eigenvalue weighted by atomic mass is 10.2. The van der Waals surface area contributed by atoms with Crippen molar-refractivity contribution in [1.82, 2.24) is 14.9 Å². The predicted molar refractivity (Wildman–Crippen MR) is 120 cm³/mol. The second-order valence-corrected chi connectivity index (χ2v) is 6.87. The summed E-state index contributed by atoms with van der Waals surface area (Å²) < 4.78 is 13.0. The Balaban J connectivity index is 1.47. The van der Waals surface area contributed by atoms with Crippen molar-refractivity contribution in [1.29, 1.82) is 0 Å². The maximum Gasteiger partial charge on any atom is 0.216 e. The van der Waals surface area contributed by atoms with Crippen molar-refractivity contribution >= 4 is 18.4 Å². The molecule has 0 aliphatic rings. The average molecular weight is 417 g/mol. The first kappa shape index (κ1) is 19.6. The topological polar surface area (TPSA) is 64.4 Å². The third-order valence-corrected chi connectivity index (χ3v) is 4.71. The molecule has 0 radical (unpaired) electrons. The molecule has 30 heavy (non-hydrogen) atoms. The molecule has 4 rings (SSSR count). The number of hydrogen-bond donors (Lipinski definition) is 1. The number of aromatic amines is 1. The molecule has 7 heteroatoms. The van der Waals surface area contributed by atoms with Gasteiger partial charge in [-0.2, -0.15) is 14.9 Å². The van der Waals surface area contributed by atoms with Crippen molar-refractivity contribution < 1.29 is 9.47 Å². The number of ether oxygens (including phenoxy) is 2. The molecular formula is C23H20N4O2S. The molecule has 4 aromatic rings. The van der Waals surface area contributed by atoms with Gasteiger partial charge in [-0.3, -0.25) is 0 Å². The molecule has 0 aliphatic heterocycles. The lowest BCUT2D eigenvalue weighted by Gasteiger charge is -2.06. The molecule has 0 spiro atoms. The van der Waals surface area contributed by atoms with Gasteiger partial charge in [0, 0.05) is 5.56 Å². The first-order chi connectivity index (χ1) is 14.7. The molecular weight excluding hydrogens is 396 g/mol. The normalized spacial score (nSPS) is 11.0. The monoisotopic (exact) mass is 416 g/mol. The molecule has 0 amide bonds. The van der Waals surface area contributed by atoms with E-state index in [9.17, 15) is 0 Å². The molecule has 1 aromatic heterocycles. The SMILES string of the molecule is COc1ccc(-c2n[nH]c(=S)n2N=Cc2ccc(OCc3ccccc3)cc2)cc1. The Hall–Kier alpha value is -3.71. The van der Waals surface area contributed by atoms with Gasteiger partial charge in [-0.15, -0.1) is 0 Å². The maximum absolute atomic E-state index is 5.82. The summed E-state index contributed by atoms with van der Waals surface area (Å²) in [6.45, 7) is 0.531. The largest absolute Gasteiger partial charge is 0.497 e. The van der Waals surface area contributed by atoms with Crippen LogP contribution < -0.4 is 9.47 Å². The fourth-order valence-corrected chi connectivity index (χ4v) is 3.02. The van der Waals surface area contributed by atoms with Gasteiger partial charge in [0.1, 0.15) is 18.1 Å². The number of nitrogens with zero attached hydrogens (tertiary/aromatic N) is 3. The summed E-state index contributed by atoms with van der Waals surface area (Å²) in [7, 11) is 1.63. The Kier molecular flexibility index (Phi) is 6.01. The van der Waals surface area contributed by atoms with E-state index < -0.39 is 0 Å². The van der Waals surface area contributed by atoms with E-state index in [1.54, 1.807) is 18.0 Å². The second kappa shape index (κ2) is 9.19. The molecule has 1 N–H and O–H groups in total. The molecule has 0 unspecified atom stereocenters. The Morgan fingerprint density at radius 3 is 2.37 bits per heavy atom. The van der Waals surface area contributed by atoms with Crippen LogP contribution in [0.4, 0.5) is 0 Å². The van der Waals surface area contributed by atoms with Crippen molar-refractivity contribution in [3.63, 3.8) is 0 Å². The Morgan fingerprint density at radius 1 is 0.967 bits per heavy atom. The summed E-state index contributed by atoms with van der Waals surface area (Å²) in [5.74, 6) is 2.20. The molecule has 0 aliphatic carbocycles. The van der Waals surface area contributed by atoms with Gasteiger partial charge in [0.2, 0.25) is 4.77 Å². The summed E-state index contributed by atoms with van der Waals surface area (Å²) in [5.41, 5.74) is 2.93. The van der Waals surface area contributed by atoms with Crippen LogP contribution in [0, 0.1) is 4.77 Å². The van der Waals surface area contributed by atoms with Crippen LogP contribution in [0.15, 0.2) is 84.0 Å².